The molecule has 1 saturated carbocycles. The highest BCUT2D eigenvalue weighted by Gasteiger charge is 2.54. The number of Topliss-reactive ketones (excluding diaryl/α,β-unsaturated/α-hetero) is 1. The topological polar surface area (TPSA) is 88.2 Å². The van der Waals surface area contributed by atoms with Crippen molar-refractivity contribution in [3.63, 3.8) is 0 Å². The molecule has 3 heterocycles. The molecule has 8 heteroatoms. The Labute approximate surface area is 220 Å². The van der Waals surface area contributed by atoms with Crippen LogP contribution in [-0.4, -0.2) is 90.6 Å². The minimum absolute atomic E-state index is 0.00496. The van der Waals surface area contributed by atoms with E-state index >= 15 is 0 Å². The molecule has 1 aromatic carbocycles. The number of piperidine rings is 1. The highest BCUT2D eigenvalue weighted by Crippen LogP contribution is 2.35. The molecule has 1 N–H and O–H groups in total. The van der Waals surface area contributed by atoms with E-state index in [4.69, 9.17) is 9.47 Å². The van der Waals surface area contributed by atoms with Gasteiger partial charge in [0.15, 0.2) is 5.78 Å². The van der Waals surface area contributed by atoms with Crippen LogP contribution in [0.2, 0.25) is 0 Å². The Balaban J connectivity index is 1.24. The van der Waals surface area contributed by atoms with E-state index in [-0.39, 0.29) is 36.2 Å². The zero-order chi connectivity index (χ0) is 26.1. The number of carbonyl (C=O) groups excluding carboxylic acids is 3. The fraction of sp³-hybridized carbons (Fsp3) is 0.690. The third kappa shape index (κ3) is 5.47. The minimum atomic E-state index is -0.724. The molecular weight excluding hydrogens is 470 g/mol. The number of benzene rings is 1. The molecule has 4 fully saturated rings. The van der Waals surface area contributed by atoms with Crippen LogP contribution in [0.4, 0.5) is 0 Å². The first kappa shape index (κ1) is 26.3. The van der Waals surface area contributed by atoms with Crippen molar-refractivity contribution in [1.82, 2.24) is 15.1 Å². The molecule has 0 spiro atoms. The van der Waals surface area contributed by atoms with Crippen LogP contribution in [-0.2, 0) is 19.1 Å². The molecule has 1 aromatic rings. The first-order valence-electron chi connectivity index (χ1n) is 14.1. The first-order chi connectivity index (χ1) is 17.9. The highest BCUT2D eigenvalue weighted by molar-refractivity contribution is 5.99. The maximum Gasteiger partial charge on any atom is 0.251 e. The lowest BCUT2D eigenvalue weighted by Crippen LogP contribution is -2.54. The van der Waals surface area contributed by atoms with Crippen LogP contribution in [0, 0.1) is 5.92 Å². The summed E-state index contributed by atoms with van der Waals surface area (Å²) in [4.78, 5) is 43.8. The van der Waals surface area contributed by atoms with Crippen LogP contribution in [0.5, 0.6) is 0 Å². The smallest absolute Gasteiger partial charge is 0.251 e. The van der Waals surface area contributed by atoms with Crippen molar-refractivity contribution in [2.75, 3.05) is 32.8 Å². The van der Waals surface area contributed by atoms with Gasteiger partial charge in [-0.2, -0.15) is 0 Å². The molecule has 3 saturated heterocycles. The van der Waals surface area contributed by atoms with Crippen molar-refractivity contribution < 1.29 is 23.9 Å². The lowest BCUT2D eigenvalue weighted by Gasteiger charge is -2.32. The molecule has 8 nitrogen and oxygen atoms in total. The molecule has 0 unspecified atom stereocenters. The van der Waals surface area contributed by atoms with Crippen LogP contribution in [0.25, 0.3) is 0 Å². The molecule has 2 amide bonds. The predicted octanol–water partition coefficient (Wildman–Crippen LogP) is 2.76. The molecule has 0 radical (unpaired) electrons. The number of likely N-dealkylation sites (tertiary alicyclic amines) is 2. The number of ether oxygens (including phenoxy) is 2. The van der Waals surface area contributed by atoms with E-state index in [1.807, 2.05) is 32.9 Å². The lowest BCUT2D eigenvalue weighted by molar-refractivity contribution is -0.139. The number of ketones is 1. The highest BCUT2D eigenvalue weighted by atomic mass is 16.6. The molecule has 3 aliphatic heterocycles. The molecule has 1 aliphatic carbocycles. The van der Waals surface area contributed by atoms with Gasteiger partial charge >= 0.3 is 0 Å². The van der Waals surface area contributed by atoms with Gasteiger partial charge in [0, 0.05) is 18.2 Å². The van der Waals surface area contributed by atoms with Gasteiger partial charge in [-0.25, -0.2) is 0 Å². The zero-order valence-corrected chi connectivity index (χ0v) is 22.4. The average molecular weight is 512 g/mol. The van der Waals surface area contributed by atoms with Gasteiger partial charge in [0.2, 0.25) is 5.91 Å². The molecule has 5 atom stereocenters. The Bertz CT molecular complexity index is 986. The Kier molecular flexibility index (Phi) is 7.98. The maximum absolute atomic E-state index is 13.7. The number of rotatable bonds is 9. The molecule has 37 heavy (non-hydrogen) atoms. The van der Waals surface area contributed by atoms with Gasteiger partial charge in [-0.1, -0.05) is 32.4 Å². The summed E-state index contributed by atoms with van der Waals surface area (Å²) in [5, 5.41) is 3.00. The molecule has 4 aliphatic rings. The summed E-state index contributed by atoms with van der Waals surface area (Å²) in [6, 6.07) is 7.35. The van der Waals surface area contributed by atoms with Crippen LogP contribution in [0.3, 0.4) is 0 Å². The molecule has 5 rings (SSSR count). The summed E-state index contributed by atoms with van der Waals surface area (Å²) >= 11 is 0. The van der Waals surface area contributed by atoms with Crippen molar-refractivity contribution in [2.45, 2.75) is 89.1 Å². The second-order valence-corrected chi connectivity index (χ2v) is 11.2. The number of nitrogens with one attached hydrogen (secondary N) is 1. The SMILES string of the molecule is CCO[C@H]1CN(C(=O)[C@@H](NC(=O)c2ccc(C3CCN(C4CC4)CC3)cc2)[C@@H](C)CC)[C@@H]2C(=O)CO[C@H]12. The number of hydrogen-bond donors (Lipinski definition) is 1. The van der Waals surface area contributed by atoms with E-state index in [9.17, 15) is 14.4 Å². The van der Waals surface area contributed by atoms with Crippen molar-refractivity contribution in [3.8, 4) is 0 Å². The summed E-state index contributed by atoms with van der Waals surface area (Å²) in [5.41, 5.74) is 1.83. The van der Waals surface area contributed by atoms with E-state index < -0.39 is 18.2 Å². The van der Waals surface area contributed by atoms with E-state index in [2.05, 4.69) is 22.3 Å². The van der Waals surface area contributed by atoms with Crippen LogP contribution in [0.15, 0.2) is 24.3 Å². The Morgan fingerprint density at radius 2 is 1.81 bits per heavy atom. The van der Waals surface area contributed by atoms with Crippen molar-refractivity contribution in [2.24, 2.45) is 5.92 Å². The predicted molar refractivity (Wildman–Crippen MR) is 139 cm³/mol. The fourth-order valence-electron chi connectivity index (χ4n) is 6.23. The zero-order valence-electron chi connectivity index (χ0n) is 22.4. The summed E-state index contributed by atoms with van der Waals surface area (Å²) in [5.74, 6) is -0.158. The van der Waals surface area contributed by atoms with Crippen molar-refractivity contribution >= 4 is 17.6 Å². The number of amides is 2. The Morgan fingerprint density at radius 3 is 2.43 bits per heavy atom. The average Bonchev–Trinajstić information content (AvgIpc) is 3.62. The largest absolute Gasteiger partial charge is 0.374 e. The quantitative estimate of drug-likeness (QED) is 0.549. The monoisotopic (exact) mass is 511 g/mol. The third-order valence-electron chi connectivity index (χ3n) is 8.80. The van der Waals surface area contributed by atoms with Crippen molar-refractivity contribution in [3.05, 3.63) is 35.4 Å². The van der Waals surface area contributed by atoms with Gasteiger partial charge in [0.1, 0.15) is 30.9 Å². The Hall–Kier alpha value is -2.29. The van der Waals surface area contributed by atoms with Gasteiger partial charge < -0.3 is 24.6 Å². The maximum atomic E-state index is 13.7. The number of nitrogens with zero attached hydrogens (tertiary/aromatic N) is 2. The van der Waals surface area contributed by atoms with Gasteiger partial charge in [-0.3, -0.25) is 14.4 Å². The fourth-order valence-corrected chi connectivity index (χ4v) is 6.23. The number of hydrogen-bond acceptors (Lipinski definition) is 6. The summed E-state index contributed by atoms with van der Waals surface area (Å²) in [6.07, 6.45) is 4.98. The third-order valence-corrected chi connectivity index (χ3v) is 8.80. The van der Waals surface area contributed by atoms with Gasteiger partial charge in [-0.05, 0) is 75.2 Å². The molecule has 0 bridgehead atoms. The number of fused-ring (bicyclic) bond motifs is 1. The van der Waals surface area contributed by atoms with Crippen LogP contribution >= 0.6 is 0 Å². The summed E-state index contributed by atoms with van der Waals surface area (Å²) in [6.45, 7) is 8.94. The number of carbonyl (C=O) groups is 3. The van der Waals surface area contributed by atoms with E-state index in [0.29, 0.717) is 24.6 Å². The normalized spacial score (nSPS) is 28.2. The van der Waals surface area contributed by atoms with Crippen LogP contribution < -0.4 is 5.32 Å². The van der Waals surface area contributed by atoms with E-state index in [1.165, 1.54) is 18.4 Å². The van der Waals surface area contributed by atoms with Crippen LogP contribution in [0.1, 0.15) is 74.7 Å². The first-order valence-corrected chi connectivity index (χ1v) is 14.1. The molecular formula is C29H41N3O5. The minimum Gasteiger partial charge on any atom is -0.374 e. The second kappa shape index (κ2) is 11.2. The summed E-state index contributed by atoms with van der Waals surface area (Å²) < 4.78 is 11.5. The second-order valence-electron chi connectivity index (χ2n) is 11.2. The van der Waals surface area contributed by atoms with Crippen molar-refractivity contribution in [1.29, 1.82) is 0 Å². The summed E-state index contributed by atoms with van der Waals surface area (Å²) in [7, 11) is 0. The standard InChI is InChI=1S/C29H41N3O5/c1-4-18(3)25(29(35)32-16-24(36-5-2)27-26(32)23(33)17-37-27)30-28(34)21-8-6-19(7-9-21)20-12-14-31(15-13-20)22-10-11-22/h6-9,18,20,22,24-27H,4-5,10-17H2,1-3H3,(H,30,34)/t18-,24-,25-,26+,27+/m0/s1. The lowest BCUT2D eigenvalue weighted by atomic mass is 9.89. The Morgan fingerprint density at radius 1 is 1.11 bits per heavy atom. The van der Waals surface area contributed by atoms with Gasteiger partial charge in [0.05, 0.1) is 6.54 Å². The van der Waals surface area contributed by atoms with Gasteiger partial charge in [-0.15, -0.1) is 0 Å². The van der Waals surface area contributed by atoms with E-state index in [0.717, 1.165) is 38.4 Å². The molecule has 202 valence electrons. The molecule has 0 aromatic heterocycles. The van der Waals surface area contributed by atoms with E-state index in [1.54, 1.807) is 4.90 Å². The van der Waals surface area contributed by atoms with Gasteiger partial charge in [0.25, 0.3) is 5.91 Å².